The van der Waals surface area contributed by atoms with Gasteiger partial charge in [0.15, 0.2) is 5.82 Å². The number of carbonyl (C=O) groups is 2. The minimum absolute atomic E-state index is 0.0887. The SMILES string of the molecule is COC(=O)c1ccc(-c2nnc3n2CCN([C@H]2CC[C@](CN)(c4cccc(Cl)c4)CC2)C3=O)cc1. The highest BCUT2D eigenvalue weighted by Crippen LogP contribution is 2.41. The van der Waals surface area contributed by atoms with Crippen molar-refractivity contribution in [2.24, 2.45) is 5.73 Å². The lowest BCUT2D eigenvalue weighted by Crippen LogP contribution is -2.50. The van der Waals surface area contributed by atoms with E-state index in [1.54, 1.807) is 24.3 Å². The summed E-state index contributed by atoms with van der Waals surface area (Å²) in [6, 6.07) is 15.1. The van der Waals surface area contributed by atoms with E-state index in [1.165, 1.54) is 12.7 Å². The lowest BCUT2D eigenvalue weighted by molar-refractivity contribution is 0.0523. The van der Waals surface area contributed by atoms with Gasteiger partial charge in [-0.1, -0.05) is 35.9 Å². The summed E-state index contributed by atoms with van der Waals surface area (Å²) in [5.74, 6) is 0.492. The van der Waals surface area contributed by atoms with Crippen LogP contribution in [0.15, 0.2) is 48.5 Å². The van der Waals surface area contributed by atoms with Crippen LogP contribution in [0.4, 0.5) is 0 Å². The van der Waals surface area contributed by atoms with Gasteiger partial charge in [-0.15, -0.1) is 10.2 Å². The predicted molar refractivity (Wildman–Crippen MR) is 132 cm³/mol. The Bertz CT molecular complexity index is 1250. The Kier molecular flexibility index (Phi) is 6.34. The van der Waals surface area contributed by atoms with Crippen LogP contribution in [-0.4, -0.2) is 57.8 Å². The van der Waals surface area contributed by atoms with E-state index in [4.69, 9.17) is 22.1 Å². The van der Waals surface area contributed by atoms with E-state index in [1.807, 2.05) is 27.7 Å². The molecule has 3 aromatic rings. The largest absolute Gasteiger partial charge is 0.465 e. The Labute approximate surface area is 209 Å². The van der Waals surface area contributed by atoms with Crippen LogP contribution >= 0.6 is 11.6 Å². The molecule has 0 saturated heterocycles. The Balaban J connectivity index is 1.31. The highest BCUT2D eigenvalue weighted by atomic mass is 35.5. The van der Waals surface area contributed by atoms with Gasteiger partial charge in [-0.05, 0) is 55.5 Å². The maximum Gasteiger partial charge on any atom is 0.337 e. The van der Waals surface area contributed by atoms with E-state index in [2.05, 4.69) is 16.3 Å². The number of nitrogens with zero attached hydrogens (tertiary/aromatic N) is 4. The van der Waals surface area contributed by atoms with Crippen LogP contribution in [0.1, 0.15) is 52.2 Å². The first-order valence-corrected chi connectivity index (χ1v) is 12.2. The predicted octanol–water partition coefficient (Wildman–Crippen LogP) is 3.68. The van der Waals surface area contributed by atoms with Crippen molar-refractivity contribution in [3.05, 3.63) is 70.5 Å². The van der Waals surface area contributed by atoms with Crippen molar-refractivity contribution >= 4 is 23.5 Å². The molecule has 2 heterocycles. The second-order valence-electron chi connectivity index (χ2n) is 9.29. The third-order valence-corrected chi connectivity index (χ3v) is 7.75. The summed E-state index contributed by atoms with van der Waals surface area (Å²) in [5, 5.41) is 9.25. The quantitative estimate of drug-likeness (QED) is 0.544. The van der Waals surface area contributed by atoms with Gasteiger partial charge in [0, 0.05) is 41.7 Å². The highest BCUT2D eigenvalue weighted by molar-refractivity contribution is 6.30. The number of rotatable bonds is 5. The fourth-order valence-corrected chi connectivity index (χ4v) is 5.63. The summed E-state index contributed by atoms with van der Waals surface area (Å²) in [6.07, 6.45) is 3.57. The van der Waals surface area contributed by atoms with Crippen LogP contribution in [-0.2, 0) is 16.7 Å². The van der Waals surface area contributed by atoms with E-state index in [-0.39, 0.29) is 17.4 Å². The van der Waals surface area contributed by atoms with E-state index >= 15 is 0 Å². The van der Waals surface area contributed by atoms with Crippen molar-refractivity contribution in [3.63, 3.8) is 0 Å². The molecule has 0 radical (unpaired) electrons. The number of benzene rings is 2. The standard InChI is InChI=1S/C26H28ClN5O3/c1-35-25(34)18-7-5-17(6-8-18)22-29-30-23-24(33)31(13-14-32(22)23)21-9-11-26(16-28,12-10-21)19-3-2-4-20(27)15-19/h2-8,15,21H,9-14,16,28H2,1H3/t21-,26-. The molecule has 5 rings (SSSR count). The zero-order chi connectivity index (χ0) is 24.6. The summed E-state index contributed by atoms with van der Waals surface area (Å²) in [6.45, 7) is 1.78. The van der Waals surface area contributed by atoms with Gasteiger partial charge in [-0.25, -0.2) is 4.79 Å². The van der Waals surface area contributed by atoms with Crippen LogP contribution in [0.2, 0.25) is 5.02 Å². The molecule has 0 unspecified atom stereocenters. The van der Waals surface area contributed by atoms with E-state index < -0.39 is 5.97 Å². The number of amides is 1. The normalized spacial score (nSPS) is 22.1. The number of hydrogen-bond acceptors (Lipinski definition) is 6. The molecule has 0 spiro atoms. The zero-order valence-electron chi connectivity index (χ0n) is 19.6. The first kappa shape index (κ1) is 23.5. The molecular weight excluding hydrogens is 466 g/mol. The van der Waals surface area contributed by atoms with Crippen LogP contribution in [0.5, 0.6) is 0 Å². The lowest BCUT2D eigenvalue weighted by atomic mass is 9.68. The molecule has 1 fully saturated rings. The van der Waals surface area contributed by atoms with E-state index in [0.29, 0.717) is 36.8 Å². The summed E-state index contributed by atoms with van der Waals surface area (Å²) < 4.78 is 6.62. The molecule has 1 amide bonds. The van der Waals surface area contributed by atoms with Gasteiger partial charge < -0.3 is 19.9 Å². The molecule has 1 aliphatic carbocycles. The van der Waals surface area contributed by atoms with Crippen LogP contribution < -0.4 is 5.73 Å². The number of aromatic nitrogens is 3. The second-order valence-corrected chi connectivity index (χ2v) is 9.73. The number of halogens is 1. The number of ether oxygens (including phenoxy) is 1. The number of methoxy groups -OCH3 is 1. The molecule has 1 aromatic heterocycles. The van der Waals surface area contributed by atoms with Crippen LogP contribution in [0.3, 0.4) is 0 Å². The summed E-state index contributed by atoms with van der Waals surface area (Å²) in [5.41, 5.74) is 8.58. The molecule has 8 nitrogen and oxygen atoms in total. The molecule has 2 N–H and O–H groups in total. The highest BCUT2D eigenvalue weighted by Gasteiger charge is 2.40. The van der Waals surface area contributed by atoms with Crippen molar-refractivity contribution in [3.8, 4) is 11.4 Å². The lowest BCUT2D eigenvalue weighted by Gasteiger charge is -2.44. The average Bonchev–Trinajstić information content (AvgIpc) is 3.34. The molecular formula is C26H28ClN5O3. The van der Waals surface area contributed by atoms with Gasteiger partial charge in [0.2, 0.25) is 5.82 Å². The summed E-state index contributed by atoms with van der Waals surface area (Å²) >= 11 is 6.25. The molecule has 2 aromatic carbocycles. The minimum atomic E-state index is -0.396. The molecule has 0 bridgehead atoms. The smallest absolute Gasteiger partial charge is 0.337 e. The Morgan fingerprint density at radius 1 is 1.11 bits per heavy atom. The molecule has 182 valence electrons. The molecule has 1 aliphatic heterocycles. The summed E-state index contributed by atoms with van der Waals surface area (Å²) in [4.78, 5) is 27.0. The Morgan fingerprint density at radius 2 is 1.83 bits per heavy atom. The van der Waals surface area contributed by atoms with E-state index in [0.717, 1.165) is 36.3 Å². The topological polar surface area (TPSA) is 103 Å². The maximum atomic E-state index is 13.4. The van der Waals surface area contributed by atoms with Gasteiger partial charge in [-0.2, -0.15) is 0 Å². The molecule has 2 aliphatic rings. The Hall–Kier alpha value is -3.23. The van der Waals surface area contributed by atoms with Gasteiger partial charge >= 0.3 is 5.97 Å². The monoisotopic (exact) mass is 493 g/mol. The fraction of sp³-hybridized carbons (Fsp3) is 0.385. The first-order valence-electron chi connectivity index (χ1n) is 11.8. The second kappa shape index (κ2) is 9.43. The van der Waals surface area contributed by atoms with Crippen molar-refractivity contribution in [2.45, 2.75) is 43.7 Å². The van der Waals surface area contributed by atoms with Crippen molar-refractivity contribution in [2.75, 3.05) is 20.2 Å². The van der Waals surface area contributed by atoms with Crippen molar-refractivity contribution in [1.82, 2.24) is 19.7 Å². The molecule has 0 atom stereocenters. The van der Waals surface area contributed by atoms with Crippen molar-refractivity contribution in [1.29, 1.82) is 0 Å². The minimum Gasteiger partial charge on any atom is -0.465 e. The molecule has 35 heavy (non-hydrogen) atoms. The zero-order valence-corrected chi connectivity index (χ0v) is 20.4. The van der Waals surface area contributed by atoms with Crippen LogP contribution in [0.25, 0.3) is 11.4 Å². The number of carbonyl (C=O) groups excluding carboxylic acids is 2. The van der Waals surface area contributed by atoms with Gasteiger partial charge in [0.05, 0.1) is 12.7 Å². The third-order valence-electron chi connectivity index (χ3n) is 7.51. The number of esters is 1. The van der Waals surface area contributed by atoms with Crippen molar-refractivity contribution < 1.29 is 14.3 Å². The van der Waals surface area contributed by atoms with Gasteiger partial charge in [-0.3, -0.25) is 4.79 Å². The molecule has 9 heteroatoms. The first-order chi connectivity index (χ1) is 17.0. The van der Waals surface area contributed by atoms with Gasteiger partial charge in [0.1, 0.15) is 0 Å². The van der Waals surface area contributed by atoms with Crippen LogP contribution in [0, 0.1) is 0 Å². The van der Waals surface area contributed by atoms with Gasteiger partial charge in [0.25, 0.3) is 5.91 Å². The Morgan fingerprint density at radius 3 is 2.49 bits per heavy atom. The molecule has 1 saturated carbocycles. The number of fused-ring (bicyclic) bond motifs is 1. The third kappa shape index (κ3) is 4.21. The summed E-state index contributed by atoms with van der Waals surface area (Å²) in [7, 11) is 1.35. The maximum absolute atomic E-state index is 13.4. The number of nitrogens with two attached hydrogens (primary N) is 1. The average molecular weight is 494 g/mol. The van der Waals surface area contributed by atoms with E-state index in [9.17, 15) is 9.59 Å². The number of hydrogen-bond donors (Lipinski definition) is 1. The fourth-order valence-electron chi connectivity index (χ4n) is 5.44.